The lowest BCUT2D eigenvalue weighted by Crippen LogP contribution is -2.54. The SMILES string of the molecule is COC[C@@H]1CN(c2ncc(C)c(C)n2)CC(C)(C)O1. The predicted molar refractivity (Wildman–Crippen MR) is 74.5 cm³/mol. The third-order valence-electron chi connectivity index (χ3n) is 3.33. The maximum absolute atomic E-state index is 6.00. The molecule has 1 fully saturated rings. The van der Waals surface area contributed by atoms with Gasteiger partial charge in [-0.3, -0.25) is 0 Å². The van der Waals surface area contributed by atoms with Crippen molar-refractivity contribution in [3.8, 4) is 0 Å². The van der Waals surface area contributed by atoms with E-state index in [1.807, 2.05) is 20.0 Å². The molecule has 2 heterocycles. The monoisotopic (exact) mass is 265 g/mol. The van der Waals surface area contributed by atoms with Crippen LogP contribution in [0.15, 0.2) is 6.20 Å². The van der Waals surface area contributed by atoms with Crippen LogP contribution in [0.1, 0.15) is 25.1 Å². The lowest BCUT2D eigenvalue weighted by molar-refractivity contribution is -0.106. The summed E-state index contributed by atoms with van der Waals surface area (Å²) in [5, 5.41) is 0. The predicted octanol–water partition coefficient (Wildman–Crippen LogP) is 1.72. The summed E-state index contributed by atoms with van der Waals surface area (Å²) < 4.78 is 11.2. The third-order valence-corrected chi connectivity index (χ3v) is 3.33. The Kier molecular flexibility index (Phi) is 4.06. The third kappa shape index (κ3) is 3.42. The van der Waals surface area contributed by atoms with Crippen LogP contribution in [0.3, 0.4) is 0 Å². The van der Waals surface area contributed by atoms with Crippen molar-refractivity contribution in [2.24, 2.45) is 0 Å². The number of nitrogens with zero attached hydrogens (tertiary/aromatic N) is 3. The van der Waals surface area contributed by atoms with Gasteiger partial charge in [-0.25, -0.2) is 9.97 Å². The zero-order valence-corrected chi connectivity index (χ0v) is 12.4. The molecule has 0 amide bonds. The Bertz CT molecular complexity index is 448. The minimum Gasteiger partial charge on any atom is -0.382 e. The second-order valence-corrected chi connectivity index (χ2v) is 5.77. The summed E-state index contributed by atoms with van der Waals surface area (Å²) in [6.07, 6.45) is 1.94. The van der Waals surface area contributed by atoms with Crippen molar-refractivity contribution >= 4 is 5.95 Å². The summed E-state index contributed by atoms with van der Waals surface area (Å²) in [5.74, 6) is 0.778. The molecule has 1 aromatic heterocycles. The molecule has 0 aliphatic carbocycles. The zero-order valence-electron chi connectivity index (χ0n) is 12.4. The molecule has 0 radical (unpaired) electrons. The summed E-state index contributed by atoms with van der Waals surface area (Å²) in [6, 6.07) is 0. The van der Waals surface area contributed by atoms with Crippen LogP contribution in [0.4, 0.5) is 5.95 Å². The standard InChI is InChI=1S/C14H23N3O2/c1-10-6-15-13(16-11(10)2)17-7-12(8-18-5)19-14(3,4)9-17/h6,12H,7-9H2,1-5H3/t12-/m0/s1. The number of hydrogen-bond acceptors (Lipinski definition) is 5. The van der Waals surface area contributed by atoms with Crippen molar-refractivity contribution in [3.63, 3.8) is 0 Å². The van der Waals surface area contributed by atoms with E-state index < -0.39 is 0 Å². The number of aromatic nitrogens is 2. The van der Waals surface area contributed by atoms with Gasteiger partial charge in [0.05, 0.1) is 18.3 Å². The highest BCUT2D eigenvalue weighted by atomic mass is 16.5. The molecular formula is C14H23N3O2. The Balaban J connectivity index is 2.20. The van der Waals surface area contributed by atoms with Crippen LogP contribution in [0.2, 0.25) is 0 Å². The maximum atomic E-state index is 6.00. The molecule has 19 heavy (non-hydrogen) atoms. The molecule has 5 heteroatoms. The van der Waals surface area contributed by atoms with Crippen molar-refractivity contribution in [2.45, 2.75) is 39.4 Å². The number of methoxy groups -OCH3 is 1. The molecule has 1 saturated heterocycles. The van der Waals surface area contributed by atoms with Crippen molar-refractivity contribution in [1.29, 1.82) is 0 Å². The summed E-state index contributed by atoms with van der Waals surface area (Å²) in [5.41, 5.74) is 1.92. The average molecular weight is 265 g/mol. The van der Waals surface area contributed by atoms with Crippen LogP contribution >= 0.6 is 0 Å². The van der Waals surface area contributed by atoms with Crippen molar-refractivity contribution in [3.05, 3.63) is 17.5 Å². The number of hydrogen-bond donors (Lipinski definition) is 0. The van der Waals surface area contributed by atoms with Crippen LogP contribution in [0, 0.1) is 13.8 Å². The van der Waals surface area contributed by atoms with Gasteiger partial charge >= 0.3 is 0 Å². The van der Waals surface area contributed by atoms with Crippen molar-refractivity contribution in [1.82, 2.24) is 9.97 Å². The largest absolute Gasteiger partial charge is 0.382 e. The lowest BCUT2D eigenvalue weighted by atomic mass is 10.1. The van der Waals surface area contributed by atoms with Crippen LogP contribution < -0.4 is 4.90 Å². The first-order chi connectivity index (χ1) is 8.91. The molecule has 5 nitrogen and oxygen atoms in total. The maximum Gasteiger partial charge on any atom is 0.225 e. The minimum atomic E-state index is -0.219. The Morgan fingerprint density at radius 2 is 2.21 bits per heavy atom. The van der Waals surface area contributed by atoms with Gasteiger partial charge in [0.25, 0.3) is 0 Å². The van der Waals surface area contributed by atoms with E-state index in [2.05, 4.69) is 28.7 Å². The molecule has 2 rings (SSSR count). The molecule has 1 aliphatic heterocycles. The van der Waals surface area contributed by atoms with Gasteiger partial charge in [-0.2, -0.15) is 0 Å². The molecule has 106 valence electrons. The van der Waals surface area contributed by atoms with Gasteiger partial charge in [-0.1, -0.05) is 0 Å². The minimum absolute atomic E-state index is 0.0546. The van der Waals surface area contributed by atoms with Crippen LogP contribution in [0.25, 0.3) is 0 Å². The molecule has 0 spiro atoms. The van der Waals surface area contributed by atoms with E-state index in [1.54, 1.807) is 7.11 Å². The summed E-state index contributed by atoms with van der Waals surface area (Å²) >= 11 is 0. The van der Waals surface area contributed by atoms with Crippen molar-refractivity contribution in [2.75, 3.05) is 31.7 Å². The van der Waals surface area contributed by atoms with E-state index in [9.17, 15) is 0 Å². The molecule has 0 N–H and O–H groups in total. The molecular weight excluding hydrogens is 242 g/mol. The van der Waals surface area contributed by atoms with Crippen LogP contribution in [-0.2, 0) is 9.47 Å². The Morgan fingerprint density at radius 3 is 2.84 bits per heavy atom. The molecule has 1 atom stereocenters. The zero-order chi connectivity index (χ0) is 14.0. The summed E-state index contributed by atoms with van der Waals surface area (Å²) in [7, 11) is 1.70. The fourth-order valence-electron chi connectivity index (χ4n) is 2.39. The molecule has 1 aromatic rings. The second-order valence-electron chi connectivity index (χ2n) is 5.77. The number of ether oxygens (including phenoxy) is 2. The Labute approximate surface area is 115 Å². The molecule has 0 saturated carbocycles. The van der Waals surface area contributed by atoms with Gasteiger partial charge in [0.2, 0.25) is 5.95 Å². The molecule has 0 aromatic carbocycles. The smallest absolute Gasteiger partial charge is 0.225 e. The van der Waals surface area contributed by atoms with E-state index in [1.165, 1.54) is 0 Å². The van der Waals surface area contributed by atoms with Crippen molar-refractivity contribution < 1.29 is 9.47 Å². The van der Waals surface area contributed by atoms with E-state index in [-0.39, 0.29) is 11.7 Å². The average Bonchev–Trinajstić information content (AvgIpc) is 2.31. The van der Waals surface area contributed by atoms with E-state index in [0.29, 0.717) is 6.61 Å². The lowest BCUT2D eigenvalue weighted by Gasteiger charge is -2.42. The Hall–Kier alpha value is -1.20. The number of anilines is 1. The first-order valence-corrected chi connectivity index (χ1v) is 6.63. The van der Waals surface area contributed by atoms with E-state index in [4.69, 9.17) is 9.47 Å². The highest BCUT2D eigenvalue weighted by Crippen LogP contribution is 2.24. The van der Waals surface area contributed by atoms with Gasteiger partial charge in [-0.15, -0.1) is 0 Å². The highest BCUT2D eigenvalue weighted by Gasteiger charge is 2.34. The van der Waals surface area contributed by atoms with E-state index in [0.717, 1.165) is 30.3 Å². The normalized spacial score (nSPS) is 22.6. The molecule has 0 bridgehead atoms. The van der Waals surface area contributed by atoms with Crippen LogP contribution in [0.5, 0.6) is 0 Å². The van der Waals surface area contributed by atoms with Gasteiger partial charge in [0.15, 0.2) is 0 Å². The quantitative estimate of drug-likeness (QED) is 0.833. The number of morpholine rings is 1. The first kappa shape index (κ1) is 14.2. The highest BCUT2D eigenvalue weighted by molar-refractivity contribution is 5.34. The Morgan fingerprint density at radius 1 is 1.47 bits per heavy atom. The topological polar surface area (TPSA) is 47.5 Å². The van der Waals surface area contributed by atoms with Gasteiger partial charge in [-0.05, 0) is 33.3 Å². The van der Waals surface area contributed by atoms with Gasteiger partial charge < -0.3 is 14.4 Å². The number of rotatable bonds is 3. The summed E-state index contributed by atoms with van der Waals surface area (Å²) in [4.78, 5) is 11.2. The van der Waals surface area contributed by atoms with E-state index >= 15 is 0 Å². The molecule has 1 aliphatic rings. The van der Waals surface area contributed by atoms with Crippen LogP contribution in [-0.4, -0.2) is 48.5 Å². The second kappa shape index (κ2) is 5.43. The summed E-state index contributed by atoms with van der Waals surface area (Å²) in [6.45, 7) is 10.3. The number of aryl methyl sites for hydroxylation is 2. The molecule has 0 unspecified atom stereocenters. The van der Waals surface area contributed by atoms with Gasteiger partial charge in [0.1, 0.15) is 0 Å². The fraction of sp³-hybridized carbons (Fsp3) is 0.714. The fourth-order valence-corrected chi connectivity index (χ4v) is 2.39. The first-order valence-electron chi connectivity index (χ1n) is 6.63. The van der Waals surface area contributed by atoms with Gasteiger partial charge in [0, 0.05) is 32.1 Å².